The minimum Gasteiger partial charge on any atom is -0.273 e. The molecule has 0 saturated heterocycles. The normalized spacial score (nSPS) is 14.9. The summed E-state index contributed by atoms with van der Waals surface area (Å²) >= 11 is 1.60. The Bertz CT molecular complexity index is 849. The molecule has 1 saturated carbocycles. The van der Waals surface area contributed by atoms with Crippen LogP contribution in [0.4, 0.5) is 5.69 Å². The highest BCUT2D eigenvalue weighted by molar-refractivity contribution is 8.00. The van der Waals surface area contributed by atoms with E-state index in [0.29, 0.717) is 15.7 Å². The Hall–Kier alpha value is -2.67. The van der Waals surface area contributed by atoms with Crippen molar-refractivity contribution in [2.75, 3.05) is 0 Å². The Kier molecular flexibility index (Phi) is 7.19. The van der Waals surface area contributed by atoms with Crippen LogP contribution in [-0.4, -0.2) is 22.3 Å². The molecule has 1 aliphatic rings. The highest BCUT2D eigenvalue weighted by Crippen LogP contribution is 2.38. The SMILES string of the molecule is O=C(Cc1ccccc1)N/N=C/c1ccc(SC2CCCCC2)c([N+](=O)[O-])c1. The molecule has 28 heavy (non-hydrogen) atoms. The summed E-state index contributed by atoms with van der Waals surface area (Å²) in [5.74, 6) is -0.235. The standard InChI is InChI=1S/C21H23N3O3S/c25-21(14-16-7-3-1-4-8-16)23-22-15-17-11-12-20(19(13-17)24(26)27)28-18-9-5-2-6-10-18/h1,3-4,7-8,11-13,15,18H,2,5-6,9-10,14H2,(H,23,25)/b22-15+. The molecular weight excluding hydrogens is 374 g/mol. The molecule has 0 unspecified atom stereocenters. The van der Waals surface area contributed by atoms with Crippen molar-refractivity contribution >= 4 is 29.6 Å². The molecule has 1 N–H and O–H groups in total. The van der Waals surface area contributed by atoms with Gasteiger partial charge in [0.15, 0.2) is 0 Å². The van der Waals surface area contributed by atoms with Crippen molar-refractivity contribution < 1.29 is 9.72 Å². The second-order valence-corrected chi connectivity index (χ2v) is 8.16. The summed E-state index contributed by atoms with van der Waals surface area (Å²) in [7, 11) is 0. The number of nitrogens with zero attached hydrogens (tertiary/aromatic N) is 2. The first kappa shape index (κ1) is 20.1. The van der Waals surface area contributed by atoms with Crippen molar-refractivity contribution in [3.05, 3.63) is 69.8 Å². The van der Waals surface area contributed by atoms with Crippen LogP contribution in [-0.2, 0) is 11.2 Å². The van der Waals surface area contributed by atoms with Crippen LogP contribution in [0.3, 0.4) is 0 Å². The minimum absolute atomic E-state index is 0.0927. The third kappa shape index (κ3) is 5.92. The van der Waals surface area contributed by atoms with Crippen molar-refractivity contribution in [1.82, 2.24) is 5.43 Å². The Balaban J connectivity index is 1.61. The van der Waals surface area contributed by atoms with Gasteiger partial charge >= 0.3 is 0 Å². The van der Waals surface area contributed by atoms with Gasteiger partial charge in [-0.1, -0.05) is 55.7 Å². The predicted octanol–water partition coefficient (Wildman–Crippen LogP) is 4.71. The largest absolute Gasteiger partial charge is 0.283 e. The highest BCUT2D eigenvalue weighted by Gasteiger charge is 2.21. The van der Waals surface area contributed by atoms with Crippen molar-refractivity contribution in [2.24, 2.45) is 5.10 Å². The molecule has 0 atom stereocenters. The number of nitro groups is 1. The molecule has 6 nitrogen and oxygen atoms in total. The first-order valence-electron chi connectivity index (χ1n) is 9.43. The van der Waals surface area contributed by atoms with E-state index in [9.17, 15) is 14.9 Å². The molecule has 0 radical (unpaired) electrons. The lowest BCUT2D eigenvalue weighted by molar-refractivity contribution is -0.387. The molecular formula is C21H23N3O3S. The summed E-state index contributed by atoms with van der Waals surface area (Å²) < 4.78 is 0. The van der Waals surface area contributed by atoms with E-state index >= 15 is 0 Å². The summed E-state index contributed by atoms with van der Waals surface area (Å²) in [6, 6.07) is 14.5. The molecule has 0 heterocycles. The van der Waals surface area contributed by atoms with E-state index in [1.807, 2.05) is 30.3 Å². The van der Waals surface area contributed by atoms with Crippen molar-refractivity contribution in [3.8, 4) is 0 Å². The zero-order valence-corrected chi connectivity index (χ0v) is 16.4. The maximum Gasteiger partial charge on any atom is 0.283 e. The summed E-state index contributed by atoms with van der Waals surface area (Å²) in [6.07, 6.45) is 7.53. The zero-order valence-electron chi connectivity index (χ0n) is 15.5. The van der Waals surface area contributed by atoms with E-state index in [4.69, 9.17) is 0 Å². The number of hydrazone groups is 1. The van der Waals surface area contributed by atoms with Crippen LogP contribution in [0.15, 0.2) is 58.5 Å². The number of benzene rings is 2. The first-order valence-corrected chi connectivity index (χ1v) is 10.3. The van der Waals surface area contributed by atoms with Gasteiger partial charge in [-0.2, -0.15) is 5.10 Å². The summed E-state index contributed by atoms with van der Waals surface area (Å²) in [5, 5.41) is 15.9. The Labute approximate surface area is 168 Å². The number of hydrogen-bond acceptors (Lipinski definition) is 5. The van der Waals surface area contributed by atoms with Gasteiger partial charge in [0.25, 0.3) is 5.69 Å². The summed E-state index contributed by atoms with van der Waals surface area (Å²) in [4.78, 5) is 23.7. The molecule has 0 bridgehead atoms. The molecule has 1 fully saturated rings. The van der Waals surface area contributed by atoms with Gasteiger partial charge in [-0.15, -0.1) is 11.8 Å². The lowest BCUT2D eigenvalue weighted by Gasteiger charge is -2.20. The number of nitro benzene ring substituents is 1. The van der Waals surface area contributed by atoms with E-state index in [1.54, 1.807) is 23.9 Å². The first-order chi connectivity index (χ1) is 13.6. The molecule has 2 aromatic carbocycles. The number of amides is 1. The van der Waals surface area contributed by atoms with Crippen molar-refractivity contribution in [2.45, 2.75) is 48.7 Å². The second-order valence-electron chi connectivity index (χ2n) is 6.82. The molecule has 7 heteroatoms. The summed E-state index contributed by atoms with van der Waals surface area (Å²) in [5.41, 5.74) is 4.04. The fourth-order valence-electron chi connectivity index (χ4n) is 3.22. The second kappa shape index (κ2) is 10.0. The average molecular weight is 398 g/mol. The molecule has 2 aromatic rings. The number of nitrogens with one attached hydrogen (secondary N) is 1. The number of thioether (sulfide) groups is 1. The third-order valence-electron chi connectivity index (χ3n) is 4.64. The maximum atomic E-state index is 11.9. The molecule has 0 aromatic heterocycles. The molecule has 0 spiro atoms. The van der Waals surface area contributed by atoms with E-state index in [-0.39, 0.29) is 22.9 Å². The van der Waals surface area contributed by atoms with Crippen molar-refractivity contribution in [3.63, 3.8) is 0 Å². The van der Waals surface area contributed by atoms with Gasteiger partial charge in [-0.25, -0.2) is 5.43 Å². The van der Waals surface area contributed by atoms with E-state index in [2.05, 4.69) is 10.5 Å². The number of carbonyl (C=O) groups excluding carboxylic acids is 1. The van der Waals surface area contributed by atoms with Crippen LogP contribution in [0.2, 0.25) is 0 Å². The lowest BCUT2D eigenvalue weighted by atomic mass is 10.0. The van der Waals surface area contributed by atoms with Gasteiger partial charge < -0.3 is 0 Å². The van der Waals surface area contributed by atoms with Crippen LogP contribution in [0.25, 0.3) is 0 Å². The molecule has 1 amide bonds. The van der Waals surface area contributed by atoms with Gasteiger partial charge in [0.2, 0.25) is 5.91 Å². The van der Waals surface area contributed by atoms with E-state index in [1.165, 1.54) is 31.5 Å². The Morgan fingerprint density at radius 1 is 1.18 bits per heavy atom. The number of carbonyl (C=O) groups is 1. The highest BCUT2D eigenvalue weighted by atomic mass is 32.2. The van der Waals surface area contributed by atoms with E-state index in [0.717, 1.165) is 18.4 Å². The molecule has 0 aliphatic heterocycles. The minimum atomic E-state index is -0.351. The summed E-state index contributed by atoms with van der Waals surface area (Å²) in [6.45, 7) is 0. The lowest BCUT2D eigenvalue weighted by Crippen LogP contribution is -2.19. The smallest absolute Gasteiger partial charge is 0.273 e. The average Bonchev–Trinajstić information content (AvgIpc) is 2.70. The van der Waals surface area contributed by atoms with Gasteiger partial charge in [0.05, 0.1) is 22.5 Å². The predicted molar refractivity (Wildman–Crippen MR) is 112 cm³/mol. The van der Waals surface area contributed by atoms with Crippen molar-refractivity contribution in [1.29, 1.82) is 0 Å². The molecule has 146 valence electrons. The Morgan fingerprint density at radius 3 is 2.64 bits per heavy atom. The van der Waals surface area contributed by atoms with Crippen LogP contribution in [0.5, 0.6) is 0 Å². The maximum absolute atomic E-state index is 11.9. The molecule has 3 rings (SSSR count). The topological polar surface area (TPSA) is 84.6 Å². The van der Waals surface area contributed by atoms with Gasteiger partial charge in [-0.05, 0) is 24.5 Å². The van der Waals surface area contributed by atoms with Crippen LogP contribution in [0, 0.1) is 10.1 Å². The Morgan fingerprint density at radius 2 is 1.93 bits per heavy atom. The van der Waals surface area contributed by atoms with Gasteiger partial charge in [0.1, 0.15) is 0 Å². The zero-order chi connectivity index (χ0) is 19.8. The molecule has 1 aliphatic carbocycles. The number of rotatable bonds is 7. The van der Waals surface area contributed by atoms with Crippen LogP contribution < -0.4 is 5.43 Å². The fraction of sp³-hybridized carbons (Fsp3) is 0.333. The fourth-order valence-corrected chi connectivity index (χ4v) is 4.55. The number of hydrogen-bond donors (Lipinski definition) is 1. The third-order valence-corrected chi connectivity index (χ3v) is 6.04. The monoisotopic (exact) mass is 397 g/mol. The quantitative estimate of drug-likeness (QED) is 0.416. The van der Waals surface area contributed by atoms with E-state index < -0.39 is 0 Å². The van der Waals surface area contributed by atoms with Crippen LogP contribution >= 0.6 is 11.8 Å². The van der Waals surface area contributed by atoms with Crippen LogP contribution in [0.1, 0.15) is 43.2 Å². The van der Waals surface area contributed by atoms with Gasteiger partial charge in [-0.3, -0.25) is 14.9 Å². The van der Waals surface area contributed by atoms with Gasteiger partial charge in [0, 0.05) is 16.9 Å².